The second-order valence-electron chi connectivity index (χ2n) is 4.45. The van der Waals surface area contributed by atoms with Crippen molar-refractivity contribution in [2.75, 3.05) is 12.4 Å². The molecule has 2 aromatic heterocycles. The van der Waals surface area contributed by atoms with Crippen LogP contribution < -0.4 is 10.6 Å². The third-order valence-electron chi connectivity index (χ3n) is 3.12. The molecule has 110 valence electrons. The minimum Gasteiger partial charge on any atom is -0.372 e. The second kappa shape index (κ2) is 6.78. The van der Waals surface area contributed by atoms with Gasteiger partial charge in [0.2, 0.25) is 0 Å². The maximum absolute atomic E-state index is 13.2. The summed E-state index contributed by atoms with van der Waals surface area (Å²) in [5.41, 5.74) is 2.05. The first-order valence-corrected chi connectivity index (χ1v) is 6.70. The van der Waals surface area contributed by atoms with Crippen molar-refractivity contribution in [2.45, 2.75) is 19.9 Å². The Hall–Kier alpha value is -2.50. The van der Waals surface area contributed by atoms with Crippen LogP contribution in [0, 0.1) is 5.82 Å². The van der Waals surface area contributed by atoms with Gasteiger partial charge >= 0.3 is 0 Å². The number of halogens is 1. The van der Waals surface area contributed by atoms with Crippen molar-refractivity contribution in [1.82, 2.24) is 15.3 Å². The summed E-state index contributed by atoms with van der Waals surface area (Å²) in [5, 5.41) is 5.51. The predicted octanol–water partition coefficient (Wildman–Crippen LogP) is 2.15. The van der Waals surface area contributed by atoms with Gasteiger partial charge in [0.25, 0.3) is 5.91 Å². The summed E-state index contributed by atoms with van der Waals surface area (Å²) in [4.78, 5) is 20.3. The number of nitrogens with one attached hydrogen (secondary N) is 2. The quantitative estimate of drug-likeness (QED) is 0.884. The topological polar surface area (TPSA) is 66.9 Å². The molecule has 0 aliphatic heterocycles. The van der Waals surface area contributed by atoms with Gasteiger partial charge in [-0.3, -0.25) is 9.78 Å². The molecule has 2 N–H and O–H groups in total. The molecule has 0 fully saturated rings. The number of aromatic nitrogens is 2. The Morgan fingerprint density at radius 3 is 2.90 bits per heavy atom. The Bertz CT molecular complexity index is 645. The van der Waals surface area contributed by atoms with Crippen LogP contribution in [0.3, 0.4) is 0 Å². The van der Waals surface area contributed by atoms with Crippen LogP contribution in [0.15, 0.2) is 30.6 Å². The molecule has 0 saturated carbocycles. The number of rotatable bonds is 5. The average molecular weight is 288 g/mol. The highest BCUT2D eigenvalue weighted by Crippen LogP contribution is 2.13. The highest BCUT2D eigenvalue weighted by Gasteiger charge is 2.13. The zero-order valence-electron chi connectivity index (χ0n) is 12.0. The molecule has 0 radical (unpaired) electrons. The molecule has 5 nitrogen and oxygen atoms in total. The van der Waals surface area contributed by atoms with Gasteiger partial charge in [-0.2, -0.15) is 0 Å². The first kappa shape index (κ1) is 14.9. The lowest BCUT2D eigenvalue weighted by atomic mass is 10.1. The third-order valence-corrected chi connectivity index (χ3v) is 3.12. The van der Waals surface area contributed by atoms with E-state index >= 15 is 0 Å². The number of carbonyl (C=O) groups excluding carboxylic acids is 1. The van der Waals surface area contributed by atoms with E-state index in [4.69, 9.17) is 0 Å². The van der Waals surface area contributed by atoms with Crippen LogP contribution in [0.1, 0.15) is 28.5 Å². The molecule has 0 bridgehead atoms. The van der Waals surface area contributed by atoms with Gasteiger partial charge in [0, 0.05) is 13.2 Å². The second-order valence-corrected chi connectivity index (χ2v) is 4.45. The molecule has 2 rings (SSSR count). The van der Waals surface area contributed by atoms with Crippen molar-refractivity contribution in [3.05, 3.63) is 53.2 Å². The van der Waals surface area contributed by atoms with E-state index in [2.05, 4.69) is 20.6 Å². The fourth-order valence-electron chi connectivity index (χ4n) is 2.02. The van der Waals surface area contributed by atoms with Crippen LogP contribution in [-0.2, 0) is 13.0 Å². The monoisotopic (exact) mass is 288 g/mol. The van der Waals surface area contributed by atoms with Crippen molar-refractivity contribution >= 4 is 11.7 Å². The van der Waals surface area contributed by atoms with Crippen molar-refractivity contribution in [3.63, 3.8) is 0 Å². The van der Waals surface area contributed by atoms with E-state index in [9.17, 15) is 9.18 Å². The van der Waals surface area contributed by atoms with Crippen LogP contribution >= 0.6 is 0 Å². The number of hydrogen-bond acceptors (Lipinski definition) is 4. The molecule has 0 aromatic carbocycles. The molecule has 0 aliphatic carbocycles. The maximum atomic E-state index is 13.2. The number of anilines is 1. The molecule has 6 heteroatoms. The van der Waals surface area contributed by atoms with Crippen molar-refractivity contribution in [1.29, 1.82) is 0 Å². The number of nitrogens with zero attached hydrogens (tertiary/aromatic N) is 2. The van der Waals surface area contributed by atoms with E-state index in [-0.39, 0.29) is 11.5 Å². The summed E-state index contributed by atoms with van der Waals surface area (Å²) < 4.78 is 13.2. The average Bonchev–Trinajstić information content (AvgIpc) is 2.52. The van der Waals surface area contributed by atoms with Crippen molar-refractivity contribution < 1.29 is 9.18 Å². The predicted molar refractivity (Wildman–Crippen MR) is 78.5 cm³/mol. The third kappa shape index (κ3) is 3.53. The first-order valence-electron chi connectivity index (χ1n) is 6.70. The van der Waals surface area contributed by atoms with E-state index in [1.165, 1.54) is 0 Å². The van der Waals surface area contributed by atoms with Gasteiger partial charge in [-0.1, -0.05) is 13.0 Å². The molecule has 1 amide bonds. The fraction of sp³-hybridized carbons (Fsp3) is 0.267. The Kier molecular flexibility index (Phi) is 4.81. The Balaban J connectivity index is 2.13. The summed E-state index contributed by atoms with van der Waals surface area (Å²) >= 11 is 0. The van der Waals surface area contributed by atoms with Crippen LogP contribution in [-0.4, -0.2) is 22.9 Å². The molecule has 0 unspecified atom stereocenters. The van der Waals surface area contributed by atoms with E-state index in [1.807, 2.05) is 19.1 Å². The zero-order chi connectivity index (χ0) is 15.2. The summed E-state index contributed by atoms with van der Waals surface area (Å²) in [6, 6.07) is 4.99. The highest BCUT2D eigenvalue weighted by molar-refractivity contribution is 5.98. The van der Waals surface area contributed by atoms with E-state index in [0.29, 0.717) is 12.4 Å². The summed E-state index contributed by atoms with van der Waals surface area (Å²) in [6.07, 6.45) is 3.59. The molecule has 2 aromatic rings. The van der Waals surface area contributed by atoms with Crippen LogP contribution in [0.2, 0.25) is 0 Å². The van der Waals surface area contributed by atoms with Gasteiger partial charge in [-0.15, -0.1) is 0 Å². The number of amides is 1. The molecule has 0 saturated heterocycles. The first-order chi connectivity index (χ1) is 10.2. The van der Waals surface area contributed by atoms with Gasteiger partial charge in [-0.05, 0) is 24.1 Å². The van der Waals surface area contributed by atoms with Gasteiger partial charge in [0.15, 0.2) is 0 Å². The summed E-state index contributed by atoms with van der Waals surface area (Å²) in [6.45, 7) is 2.32. The van der Waals surface area contributed by atoms with Crippen LogP contribution in [0.4, 0.5) is 10.2 Å². The van der Waals surface area contributed by atoms with Gasteiger partial charge in [0.05, 0.1) is 24.0 Å². The lowest BCUT2D eigenvalue weighted by Crippen LogP contribution is -2.25. The van der Waals surface area contributed by atoms with Crippen LogP contribution in [0.5, 0.6) is 0 Å². The zero-order valence-corrected chi connectivity index (χ0v) is 12.0. The molecular weight excluding hydrogens is 271 g/mol. The number of hydrogen-bond donors (Lipinski definition) is 2. The van der Waals surface area contributed by atoms with E-state index in [1.54, 1.807) is 13.2 Å². The number of aryl methyl sites for hydroxylation is 1. The number of carbonyl (C=O) groups is 1. The normalized spacial score (nSPS) is 10.2. The summed E-state index contributed by atoms with van der Waals surface area (Å²) in [7, 11) is 1.63. The number of pyridine rings is 2. The largest absolute Gasteiger partial charge is 0.372 e. The summed E-state index contributed by atoms with van der Waals surface area (Å²) in [5.74, 6) is -0.601. The Morgan fingerprint density at radius 1 is 1.38 bits per heavy atom. The maximum Gasteiger partial charge on any atom is 0.255 e. The molecule has 21 heavy (non-hydrogen) atoms. The lowest BCUT2D eigenvalue weighted by molar-refractivity contribution is 0.0950. The van der Waals surface area contributed by atoms with E-state index < -0.39 is 5.82 Å². The SMILES string of the molecule is CCc1cccnc1CNC(=O)c1cc(F)cnc1NC. The minimum absolute atomic E-state index is 0.173. The standard InChI is InChI=1S/C15H17FN4O/c1-3-10-5-4-6-18-13(10)9-20-15(21)12-7-11(16)8-19-14(12)17-2/h4-8H,3,9H2,1-2H3,(H,17,19)(H,20,21). The molecular formula is C15H17FN4O. The molecule has 0 spiro atoms. The Labute approximate surface area is 122 Å². The molecule has 0 atom stereocenters. The lowest BCUT2D eigenvalue weighted by Gasteiger charge is -2.10. The van der Waals surface area contributed by atoms with E-state index in [0.717, 1.165) is 29.9 Å². The molecule has 2 heterocycles. The fourth-order valence-corrected chi connectivity index (χ4v) is 2.02. The van der Waals surface area contributed by atoms with Crippen LogP contribution in [0.25, 0.3) is 0 Å². The minimum atomic E-state index is -0.550. The van der Waals surface area contributed by atoms with Gasteiger partial charge in [-0.25, -0.2) is 9.37 Å². The Morgan fingerprint density at radius 2 is 2.19 bits per heavy atom. The van der Waals surface area contributed by atoms with Crippen molar-refractivity contribution in [2.24, 2.45) is 0 Å². The molecule has 0 aliphatic rings. The highest BCUT2D eigenvalue weighted by atomic mass is 19.1. The van der Waals surface area contributed by atoms with Gasteiger partial charge < -0.3 is 10.6 Å². The van der Waals surface area contributed by atoms with Gasteiger partial charge in [0.1, 0.15) is 11.6 Å². The van der Waals surface area contributed by atoms with Crippen molar-refractivity contribution in [3.8, 4) is 0 Å². The smallest absolute Gasteiger partial charge is 0.255 e.